The first-order valence-corrected chi connectivity index (χ1v) is 24.8. The average molecular weight is 814 g/mol. The highest BCUT2D eigenvalue weighted by Gasteiger charge is 2.23. The van der Waals surface area contributed by atoms with Crippen LogP contribution in [0.1, 0.15) is 226 Å². The molecule has 2 unspecified atom stereocenters. The molecular weight excluding hydrogens is 725 g/mol. The first-order valence-electron chi connectivity index (χ1n) is 23.3. The van der Waals surface area contributed by atoms with Gasteiger partial charge in [-0.05, 0) is 64.2 Å². The molecule has 9 nitrogen and oxygen atoms in total. The molecule has 0 heterocycles. The summed E-state index contributed by atoms with van der Waals surface area (Å²) in [4.78, 5) is 34.0. The maximum absolute atomic E-state index is 12.1. The van der Waals surface area contributed by atoms with E-state index in [0.29, 0.717) is 6.42 Å². The van der Waals surface area contributed by atoms with E-state index in [-0.39, 0.29) is 32.1 Å². The molecule has 0 spiro atoms. The van der Waals surface area contributed by atoms with E-state index in [9.17, 15) is 24.2 Å². The quantitative estimate of drug-likeness (QED) is 0.0240. The van der Waals surface area contributed by atoms with Crippen molar-refractivity contribution >= 4 is 19.7 Å². The molecule has 0 aliphatic rings. The molecule has 56 heavy (non-hydrogen) atoms. The van der Waals surface area contributed by atoms with Crippen LogP contribution in [0.2, 0.25) is 0 Å². The highest BCUT2D eigenvalue weighted by Crippen LogP contribution is 2.42. The largest absolute Gasteiger partial charge is 0.472 e. The normalized spacial score (nSPS) is 13.4. The van der Waals surface area contributed by atoms with E-state index in [1.807, 2.05) is 0 Å². The lowest BCUT2D eigenvalue weighted by molar-refractivity contribution is -0.147. The Bertz CT molecular complexity index is 975. The van der Waals surface area contributed by atoms with Crippen LogP contribution in [0.15, 0.2) is 24.3 Å². The molecule has 2 atom stereocenters. The minimum atomic E-state index is -4.42. The molecular formula is C46H88NO8P. The standard InChI is InChI=1S/C46H88NO8P/c1-3-5-7-9-11-13-15-17-19-21-22-23-24-26-28-30-32-34-36-38-45(49)47-40-41-54-56(51,52)55-43-44(48)42-53-46(50)39-37-35-33-31-29-27-25-20-18-16-14-12-10-8-6-4-2/h17,19-20,25,44,48H,3-16,18,21-24,26-43H2,1-2H3,(H,47,49)(H,51,52)/b19-17+,25-20-. The predicted octanol–water partition coefficient (Wildman–Crippen LogP) is 13.2. The summed E-state index contributed by atoms with van der Waals surface area (Å²) in [6.45, 7) is 3.56. The molecule has 3 N–H and O–H groups in total. The number of carbonyl (C=O) groups excluding carboxylic acids is 2. The SMILES string of the molecule is CCCCCCCC/C=C/CCCCCCCCCCCC(=O)NCCOP(=O)(O)OCC(O)COC(=O)CCCCCCC/C=C\CCCCCCCCC. The summed E-state index contributed by atoms with van der Waals surface area (Å²) in [7, 11) is -4.42. The van der Waals surface area contributed by atoms with Crippen LogP contribution >= 0.6 is 7.82 Å². The first kappa shape index (κ1) is 54.5. The van der Waals surface area contributed by atoms with Crippen LogP contribution in [0, 0.1) is 0 Å². The number of phosphoric acid groups is 1. The molecule has 0 rings (SSSR count). The Labute approximate surface area is 344 Å². The Kier molecular flexibility index (Phi) is 41.9. The summed E-state index contributed by atoms with van der Waals surface area (Å²) in [6, 6.07) is 0. The first-order chi connectivity index (χ1) is 27.3. The average Bonchev–Trinajstić information content (AvgIpc) is 3.18. The van der Waals surface area contributed by atoms with Gasteiger partial charge in [-0.1, -0.05) is 173 Å². The zero-order chi connectivity index (χ0) is 41.1. The van der Waals surface area contributed by atoms with E-state index < -0.39 is 26.5 Å². The number of esters is 1. The Morgan fingerprint density at radius 1 is 0.536 bits per heavy atom. The Balaban J connectivity index is 3.57. The summed E-state index contributed by atoms with van der Waals surface area (Å²) < 4.78 is 26.9. The van der Waals surface area contributed by atoms with Crippen LogP contribution in [0.25, 0.3) is 0 Å². The van der Waals surface area contributed by atoms with Gasteiger partial charge in [0, 0.05) is 19.4 Å². The van der Waals surface area contributed by atoms with Gasteiger partial charge in [-0.15, -0.1) is 0 Å². The highest BCUT2D eigenvalue weighted by atomic mass is 31.2. The number of aliphatic hydroxyl groups excluding tert-OH is 1. The van der Waals surface area contributed by atoms with Gasteiger partial charge in [0.2, 0.25) is 5.91 Å². The summed E-state index contributed by atoms with van der Waals surface area (Å²) in [6.07, 6.45) is 46.8. The van der Waals surface area contributed by atoms with Gasteiger partial charge in [-0.2, -0.15) is 0 Å². The number of ether oxygens (including phenoxy) is 1. The number of hydrogen-bond donors (Lipinski definition) is 3. The molecule has 1 amide bonds. The molecule has 0 aliphatic carbocycles. The minimum absolute atomic E-state index is 0.0816. The maximum Gasteiger partial charge on any atom is 0.472 e. The van der Waals surface area contributed by atoms with Gasteiger partial charge >= 0.3 is 13.8 Å². The molecule has 0 aliphatic heterocycles. The number of carbonyl (C=O) groups is 2. The number of rotatable bonds is 44. The van der Waals surface area contributed by atoms with Crippen molar-refractivity contribution in [3.8, 4) is 0 Å². The number of phosphoric ester groups is 1. The zero-order valence-electron chi connectivity index (χ0n) is 36.3. The molecule has 330 valence electrons. The molecule has 0 aromatic rings. The maximum atomic E-state index is 12.1. The lowest BCUT2D eigenvalue weighted by Gasteiger charge is -2.15. The third-order valence-corrected chi connectivity index (χ3v) is 11.1. The van der Waals surface area contributed by atoms with Gasteiger partial charge in [0.25, 0.3) is 0 Å². The van der Waals surface area contributed by atoms with Crippen molar-refractivity contribution in [2.75, 3.05) is 26.4 Å². The van der Waals surface area contributed by atoms with Crippen LogP contribution in [0.3, 0.4) is 0 Å². The van der Waals surface area contributed by atoms with E-state index >= 15 is 0 Å². The van der Waals surface area contributed by atoms with Crippen molar-refractivity contribution in [3.63, 3.8) is 0 Å². The molecule has 0 radical (unpaired) electrons. The summed E-state index contributed by atoms with van der Waals surface area (Å²) in [5.74, 6) is -0.521. The Morgan fingerprint density at radius 2 is 0.911 bits per heavy atom. The Hall–Kier alpha value is -1.51. The monoisotopic (exact) mass is 814 g/mol. The number of allylic oxidation sites excluding steroid dienone is 4. The fourth-order valence-corrected chi connectivity index (χ4v) is 7.30. The van der Waals surface area contributed by atoms with Crippen LogP contribution < -0.4 is 5.32 Å². The lowest BCUT2D eigenvalue weighted by Crippen LogP contribution is -2.27. The van der Waals surface area contributed by atoms with Gasteiger partial charge in [-0.3, -0.25) is 18.6 Å². The number of aliphatic hydroxyl groups is 1. The molecule has 0 saturated heterocycles. The fourth-order valence-electron chi connectivity index (χ4n) is 6.55. The Morgan fingerprint density at radius 3 is 1.34 bits per heavy atom. The number of nitrogens with one attached hydrogen (secondary N) is 1. The van der Waals surface area contributed by atoms with E-state index in [0.717, 1.165) is 57.8 Å². The minimum Gasteiger partial charge on any atom is -0.463 e. The van der Waals surface area contributed by atoms with Crippen LogP contribution in [-0.2, 0) is 27.9 Å². The van der Waals surface area contributed by atoms with Gasteiger partial charge in [0.05, 0.1) is 13.2 Å². The van der Waals surface area contributed by atoms with E-state index in [1.54, 1.807) is 0 Å². The zero-order valence-corrected chi connectivity index (χ0v) is 37.2. The summed E-state index contributed by atoms with van der Waals surface area (Å²) in [5.41, 5.74) is 0. The van der Waals surface area contributed by atoms with Crippen LogP contribution in [0.5, 0.6) is 0 Å². The third kappa shape index (κ3) is 43.6. The molecule has 0 bridgehead atoms. The number of unbranched alkanes of at least 4 members (excludes halogenated alkanes) is 27. The summed E-state index contributed by atoms with van der Waals surface area (Å²) in [5, 5.41) is 12.7. The second-order valence-electron chi connectivity index (χ2n) is 15.7. The van der Waals surface area contributed by atoms with Gasteiger partial charge in [0.15, 0.2) is 0 Å². The molecule has 0 fully saturated rings. The molecule has 10 heteroatoms. The number of amides is 1. The van der Waals surface area contributed by atoms with Gasteiger partial charge in [0.1, 0.15) is 12.7 Å². The van der Waals surface area contributed by atoms with Gasteiger partial charge in [-0.25, -0.2) is 4.57 Å². The molecule has 0 saturated carbocycles. The highest BCUT2D eigenvalue weighted by molar-refractivity contribution is 7.47. The van der Waals surface area contributed by atoms with Crippen molar-refractivity contribution in [2.45, 2.75) is 232 Å². The fraction of sp³-hybridized carbons (Fsp3) is 0.870. The molecule has 0 aromatic carbocycles. The van der Waals surface area contributed by atoms with Crippen LogP contribution in [-0.4, -0.2) is 54.3 Å². The van der Waals surface area contributed by atoms with E-state index in [4.69, 9.17) is 13.8 Å². The van der Waals surface area contributed by atoms with Gasteiger partial charge < -0.3 is 20.1 Å². The van der Waals surface area contributed by atoms with Crippen molar-refractivity contribution in [3.05, 3.63) is 24.3 Å². The van der Waals surface area contributed by atoms with Crippen molar-refractivity contribution in [1.82, 2.24) is 5.32 Å². The predicted molar refractivity (Wildman–Crippen MR) is 234 cm³/mol. The smallest absolute Gasteiger partial charge is 0.463 e. The second-order valence-corrected chi connectivity index (χ2v) is 17.2. The van der Waals surface area contributed by atoms with Crippen molar-refractivity contribution < 1.29 is 37.9 Å². The van der Waals surface area contributed by atoms with Crippen molar-refractivity contribution in [2.24, 2.45) is 0 Å². The van der Waals surface area contributed by atoms with E-state index in [1.165, 1.54) is 141 Å². The third-order valence-electron chi connectivity index (χ3n) is 10.1. The summed E-state index contributed by atoms with van der Waals surface area (Å²) >= 11 is 0. The van der Waals surface area contributed by atoms with E-state index in [2.05, 4.69) is 43.5 Å². The number of hydrogen-bond acceptors (Lipinski definition) is 7. The van der Waals surface area contributed by atoms with Crippen molar-refractivity contribution in [1.29, 1.82) is 0 Å². The lowest BCUT2D eigenvalue weighted by atomic mass is 10.1. The second kappa shape index (κ2) is 43.1. The molecule has 0 aromatic heterocycles. The topological polar surface area (TPSA) is 131 Å². The van der Waals surface area contributed by atoms with Crippen LogP contribution in [0.4, 0.5) is 0 Å².